The van der Waals surface area contributed by atoms with Crippen LogP contribution in [0.3, 0.4) is 0 Å². The van der Waals surface area contributed by atoms with Gasteiger partial charge in [0.05, 0.1) is 24.9 Å². The standard InChI is InChI=1S/C15H20O3/c1-17-15(5-2-6-15)8-14(16)11-3-4-12-9-18-10-13(12)7-11/h3-4,7,14,16H,2,5-6,8-10H2,1H3. The molecular weight excluding hydrogens is 228 g/mol. The van der Waals surface area contributed by atoms with E-state index in [-0.39, 0.29) is 5.60 Å². The van der Waals surface area contributed by atoms with E-state index in [0.717, 1.165) is 18.4 Å². The molecule has 1 N–H and O–H groups in total. The van der Waals surface area contributed by atoms with Crippen LogP contribution in [0.1, 0.15) is 48.5 Å². The van der Waals surface area contributed by atoms with Gasteiger partial charge in [0.25, 0.3) is 0 Å². The van der Waals surface area contributed by atoms with Crippen LogP contribution in [0.15, 0.2) is 18.2 Å². The Labute approximate surface area is 108 Å². The molecule has 3 nitrogen and oxygen atoms in total. The van der Waals surface area contributed by atoms with Gasteiger partial charge in [0, 0.05) is 13.5 Å². The summed E-state index contributed by atoms with van der Waals surface area (Å²) in [5.41, 5.74) is 3.36. The van der Waals surface area contributed by atoms with Crippen LogP contribution in [-0.2, 0) is 22.7 Å². The monoisotopic (exact) mass is 248 g/mol. The molecule has 2 aliphatic rings. The number of rotatable bonds is 4. The molecule has 1 saturated carbocycles. The zero-order valence-corrected chi connectivity index (χ0v) is 10.8. The Morgan fingerprint density at radius 3 is 2.78 bits per heavy atom. The van der Waals surface area contributed by atoms with Gasteiger partial charge < -0.3 is 14.6 Å². The highest BCUT2D eigenvalue weighted by Crippen LogP contribution is 2.42. The summed E-state index contributed by atoms with van der Waals surface area (Å²) in [7, 11) is 1.75. The molecule has 0 radical (unpaired) electrons. The van der Waals surface area contributed by atoms with Crippen LogP contribution < -0.4 is 0 Å². The van der Waals surface area contributed by atoms with Crippen LogP contribution in [0.25, 0.3) is 0 Å². The van der Waals surface area contributed by atoms with E-state index in [0.29, 0.717) is 19.6 Å². The first-order valence-electron chi connectivity index (χ1n) is 6.65. The van der Waals surface area contributed by atoms with Crippen LogP contribution >= 0.6 is 0 Å². The van der Waals surface area contributed by atoms with Crippen LogP contribution in [0.2, 0.25) is 0 Å². The predicted octanol–water partition coefficient (Wildman–Crippen LogP) is 2.71. The van der Waals surface area contributed by atoms with E-state index in [1.807, 2.05) is 6.07 Å². The Balaban J connectivity index is 1.74. The van der Waals surface area contributed by atoms with Gasteiger partial charge in [-0.15, -0.1) is 0 Å². The first-order valence-corrected chi connectivity index (χ1v) is 6.65. The molecule has 1 heterocycles. The fourth-order valence-electron chi connectivity index (χ4n) is 2.93. The van der Waals surface area contributed by atoms with E-state index >= 15 is 0 Å². The van der Waals surface area contributed by atoms with Crippen LogP contribution in [-0.4, -0.2) is 17.8 Å². The molecule has 18 heavy (non-hydrogen) atoms. The molecule has 1 aromatic rings. The second-order valence-corrected chi connectivity index (χ2v) is 5.48. The van der Waals surface area contributed by atoms with Gasteiger partial charge in [0.1, 0.15) is 0 Å². The summed E-state index contributed by atoms with van der Waals surface area (Å²) in [5, 5.41) is 10.4. The van der Waals surface area contributed by atoms with Crippen molar-refractivity contribution in [1.82, 2.24) is 0 Å². The number of fused-ring (bicyclic) bond motifs is 1. The maximum atomic E-state index is 10.4. The average Bonchev–Trinajstić information content (AvgIpc) is 2.80. The second kappa shape index (κ2) is 4.65. The number of hydrogen-bond donors (Lipinski definition) is 1. The first-order chi connectivity index (χ1) is 8.72. The van der Waals surface area contributed by atoms with Crippen LogP contribution in [0.4, 0.5) is 0 Å². The summed E-state index contributed by atoms with van der Waals surface area (Å²) in [6.07, 6.45) is 3.60. The molecule has 0 amide bonds. The highest BCUT2D eigenvalue weighted by molar-refractivity contribution is 5.34. The fraction of sp³-hybridized carbons (Fsp3) is 0.600. The molecule has 98 valence electrons. The molecule has 0 saturated heterocycles. The Hall–Kier alpha value is -0.900. The molecule has 3 heteroatoms. The summed E-state index contributed by atoms with van der Waals surface area (Å²) in [5.74, 6) is 0. The molecule has 1 aliphatic heterocycles. The molecule has 1 atom stereocenters. The van der Waals surface area contributed by atoms with Crippen molar-refractivity contribution in [2.45, 2.75) is 50.6 Å². The van der Waals surface area contributed by atoms with Crippen molar-refractivity contribution in [3.05, 3.63) is 34.9 Å². The molecule has 1 unspecified atom stereocenters. The number of ether oxygens (including phenoxy) is 2. The van der Waals surface area contributed by atoms with Crippen molar-refractivity contribution < 1.29 is 14.6 Å². The maximum Gasteiger partial charge on any atom is 0.0817 e. The van der Waals surface area contributed by atoms with E-state index in [1.165, 1.54) is 17.5 Å². The zero-order valence-electron chi connectivity index (χ0n) is 10.8. The van der Waals surface area contributed by atoms with Crippen LogP contribution in [0.5, 0.6) is 0 Å². The van der Waals surface area contributed by atoms with E-state index in [1.54, 1.807) is 7.11 Å². The van der Waals surface area contributed by atoms with Gasteiger partial charge in [-0.3, -0.25) is 0 Å². The van der Waals surface area contributed by atoms with Gasteiger partial charge in [-0.25, -0.2) is 0 Å². The van der Waals surface area contributed by atoms with Gasteiger partial charge in [-0.2, -0.15) is 0 Å². The third kappa shape index (κ3) is 2.07. The number of aliphatic hydroxyl groups is 1. The summed E-state index contributed by atoms with van der Waals surface area (Å²) in [6.45, 7) is 1.37. The number of benzene rings is 1. The van der Waals surface area contributed by atoms with Crippen molar-refractivity contribution in [2.75, 3.05) is 7.11 Å². The molecule has 3 rings (SSSR count). The lowest BCUT2D eigenvalue weighted by molar-refractivity contribution is -0.0999. The molecule has 1 fully saturated rings. The van der Waals surface area contributed by atoms with Gasteiger partial charge in [-0.05, 0) is 36.0 Å². The van der Waals surface area contributed by atoms with Crippen LogP contribution in [0, 0.1) is 0 Å². The van der Waals surface area contributed by atoms with E-state index in [9.17, 15) is 5.11 Å². The SMILES string of the molecule is COC1(CC(O)c2ccc3c(c2)COC3)CCC1. The molecule has 0 bridgehead atoms. The lowest BCUT2D eigenvalue weighted by Crippen LogP contribution is -2.40. The predicted molar refractivity (Wildman–Crippen MR) is 68.1 cm³/mol. The highest BCUT2D eigenvalue weighted by Gasteiger charge is 2.39. The minimum Gasteiger partial charge on any atom is -0.388 e. The Morgan fingerprint density at radius 2 is 2.11 bits per heavy atom. The number of aliphatic hydroxyl groups excluding tert-OH is 1. The van der Waals surface area contributed by atoms with Crippen molar-refractivity contribution in [2.24, 2.45) is 0 Å². The van der Waals surface area contributed by atoms with Crippen molar-refractivity contribution in [3.63, 3.8) is 0 Å². The lowest BCUT2D eigenvalue weighted by atomic mass is 9.75. The molecule has 1 aromatic carbocycles. The second-order valence-electron chi connectivity index (χ2n) is 5.48. The molecule has 0 aromatic heterocycles. The first kappa shape index (κ1) is 12.2. The minimum absolute atomic E-state index is 0.0884. The fourth-order valence-corrected chi connectivity index (χ4v) is 2.93. The average molecular weight is 248 g/mol. The van der Waals surface area contributed by atoms with Gasteiger partial charge in [0.2, 0.25) is 0 Å². The third-order valence-corrected chi connectivity index (χ3v) is 4.39. The Kier molecular flexibility index (Phi) is 3.14. The lowest BCUT2D eigenvalue weighted by Gasteiger charge is -2.41. The Morgan fingerprint density at radius 1 is 1.33 bits per heavy atom. The van der Waals surface area contributed by atoms with E-state index in [2.05, 4.69) is 12.1 Å². The largest absolute Gasteiger partial charge is 0.388 e. The highest BCUT2D eigenvalue weighted by atomic mass is 16.5. The Bertz CT molecular complexity index is 432. The number of hydrogen-bond acceptors (Lipinski definition) is 3. The van der Waals surface area contributed by atoms with Gasteiger partial charge in [0.15, 0.2) is 0 Å². The van der Waals surface area contributed by atoms with Gasteiger partial charge >= 0.3 is 0 Å². The smallest absolute Gasteiger partial charge is 0.0817 e. The quantitative estimate of drug-likeness (QED) is 0.890. The summed E-state index contributed by atoms with van der Waals surface area (Å²) in [6, 6.07) is 6.16. The molecule has 1 aliphatic carbocycles. The summed E-state index contributed by atoms with van der Waals surface area (Å²) < 4.78 is 11.0. The number of methoxy groups -OCH3 is 1. The topological polar surface area (TPSA) is 38.7 Å². The van der Waals surface area contributed by atoms with Crippen molar-refractivity contribution in [1.29, 1.82) is 0 Å². The minimum atomic E-state index is -0.434. The zero-order chi connectivity index (χ0) is 12.6. The molecular formula is C15H20O3. The van der Waals surface area contributed by atoms with Crippen molar-refractivity contribution >= 4 is 0 Å². The van der Waals surface area contributed by atoms with E-state index < -0.39 is 6.10 Å². The summed E-state index contributed by atoms with van der Waals surface area (Å²) in [4.78, 5) is 0. The van der Waals surface area contributed by atoms with Crippen molar-refractivity contribution in [3.8, 4) is 0 Å². The summed E-state index contributed by atoms with van der Waals surface area (Å²) >= 11 is 0. The third-order valence-electron chi connectivity index (χ3n) is 4.39. The van der Waals surface area contributed by atoms with Gasteiger partial charge in [-0.1, -0.05) is 18.2 Å². The molecule has 0 spiro atoms. The van der Waals surface area contributed by atoms with E-state index in [4.69, 9.17) is 9.47 Å². The normalized spacial score (nSPS) is 22.3. The maximum absolute atomic E-state index is 10.4.